The molecular formula is C21H21NO4. The fourth-order valence-electron chi connectivity index (χ4n) is 3.27. The number of anilines is 1. The van der Waals surface area contributed by atoms with Crippen LogP contribution in [-0.4, -0.2) is 24.4 Å². The summed E-state index contributed by atoms with van der Waals surface area (Å²) in [5.74, 6) is -1.26. The monoisotopic (exact) mass is 351 g/mol. The first-order chi connectivity index (χ1) is 12.5. The summed E-state index contributed by atoms with van der Waals surface area (Å²) in [4.78, 5) is 38.3. The molecule has 0 aliphatic carbocycles. The summed E-state index contributed by atoms with van der Waals surface area (Å²) in [6, 6.07) is 16.1. The lowest BCUT2D eigenvalue weighted by atomic mass is 9.86. The normalized spacial score (nSPS) is 18.1. The van der Waals surface area contributed by atoms with Gasteiger partial charge in [0.05, 0.1) is 23.8 Å². The molecule has 2 amide bonds. The summed E-state index contributed by atoms with van der Waals surface area (Å²) in [5, 5.41) is 0. The molecule has 1 aliphatic heterocycles. The average Bonchev–Trinajstić information content (AvgIpc) is 2.96. The number of imide groups is 1. The molecule has 134 valence electrons. The van der Waals surface area contributed by atoms with Crippen molar-refractivity contribution in [3.63, 3.8) is 0 Å². The van der Waals surface area contributed by atoms with Gasteiger partial charge in [0.1, 0.15) is 0 Å². The molecule has 5 heteroatoms. The Morgan fingerprint density at radius 3 is 2.38 bits per heavy atom. The number of benzene rings is 2. The Bertz CT molecular complexity index is 814. The van der Waals surface area contributed by atoms with Crippen molar-refractivity contribution in [2.45, 2.75) is 26.2 Å². The van der Waals surface area contributed by atoms with Crippen LogP contribution in [0.25, 0.3) is 0 Å². The molecule has 3 rings (SSSR count). The molecule has 0 radical (unpaired) electrons. The van der Waals surface area contributed by atoms with Gasteiger partial charge >= 0.3 is 5.97 Å². The van der Waals surface area contributed by atoms with E-state index in [0.29, 0.717) is 17.9 Å². The quantitative estimate of drug-likeness (QED) is 0.610. The average molecular weight is 351 g/mol. The highest BCUT2D eigenvalue weighted by atomic mass is 16.5. The van der Waals surface area contributed by atoms with Crippen LogP contribution in [0.3, 0.4) is 0 Å². The Morgan fingerprint density at radius 2 is 1.77 bits per heavy atom. The third-order valence-corrected chi connectivity index (χ3v) is 4.75. The van der Waals surface area contributed by atoms with Gasteiger partial charge in [0, 0.05) is 6.42 Å². The summed E-state index contributed by atoms with van der Waals surface area (Å²) in [6.45, 7) is 4.00. The lowest BCUT2D eigenvalue weighted by molar-refractivity contribution is -0.122. The number of esters is 1. The van der Waals surface area contributed by atoms with Gasteiger partial charge in [0.25, 0.3) is 0 Å². The second kappa shape index (κ2) is 7.52. The van der Waals surface area contributed by atoms with Crippen LogP contribution in [0.4, 0.5) is 5.69 Å². The number of amides is 2. The highest BCUT2D eigenvalue weighted by molar-refractivity contribution is 6.21. The van der Waals surface area contributed by atoms with Crippen LogP contribution in [0.2, 0.25) is 0 Å². The van der Waals surface area contributed by atoms with E-state index in [-0.39, 0.29) is 30.1 Å². The molecule has 1 fully saturated rings. The highest BCUT2D eigenvalue weighted by Gasteiger charge is 2.42. The maximum atomic E-state index is 12.9. The summed E-state index contributed by atoms with van der Waals surface area (Å²) in [6.07, 6.45) is 0.189. The molecule has 0 bridgehead atoms. The van der Waals surface area contributed by atoms with E-state index < -0.39 is 5.97 Å². The van der Waals surface area contributed by atoms with Gasteiger partial charge in [0.15, 0.2) is 0 Å². The van der Waals surface area contributed by atoms with E-state index in [4.69, 9.17) is 4.74 Å². The standard InChI is InChI=1S/C21H21NO4/c1-3-26-21(25)16-9-11-17(12-10-16)22-19(23)13-18(20(22)24)14(2)15-7-5-4-6-8-15/h4-12,14,18H,3,13H2,1-2H3/t14-,18+/m1/s1. The summed E-state index contributed by atoms with van der Waals surface area (Å²) in [7, 11) is 0. The van der Waals surface area contributed by atoms with Crippen molar-refractivity contribution < 1.29 is 19.1 Å². The van der Waals surface area contributed by atoms with Crippen LogP contribution in [0.5, 0.6) is 0 Å². The van der Waals surface area contributed by atoms with E-state index in [0.717, 1.165) is 5.56 Å². The zero-order valence-corrected chi connectivity index (χ0v) is 14.8. The summed E-state index contributed by atoms with van der Waals surface area (Å²) < 4.78 is 4.95. The Hall–Kier alpha value is -2.95. The van der Waals surface area contributed by atoms with Crippen molar-refractivity contribution in [3.8, 4) is 0 Å². The third-order valence-electron chi connectivity index (χ3n) is 4.75. The summed E-state index contributed by atoms with van der Waals surface area (Å²) in [5.41, 5.74) is 1.91. The van der Waals surface area contributed by atoms with Crippen LogP contribution in [0.15, 0.2) is 54.6 Å². The number of hydrogen-bond acceptors (Lipinski definition) is 4. The maximum Gasteiger partial charge on any atom is 0.338 e. The van der Waals surface area contributed by atoms with Gasteiger partial charge in [-0.2, -0.15) is 0 Å². The van der Waals surface area contributed by atoms with Crippen molar-refractivity contribution >= 4 is 23.5 Å². The zero-order chi connectivity index (χ0) is 18.7. The van der Waals surface area contributed by atoms with Crippen LogP contribution in [-0.2, 0) is 14.3 Å². The Morgan fingerprint density at radius 1 is 1.12 bits per heavy atom. The second-order valence-corrected chi connectivity index (χ2v) is 6.34. The predicted molar refractivity (Wildman–Crippen MR) is 97.9 cm³/mol. The van der Waals surface area contributed by atoms with E-state index >= 15 is 0 Å². The minimum atomic E-state index is -0.422. The van der Waals surface area contributed by atoms with Crippen molar-refractivity contribution in [1.29, 1.82) is 0 Å². The van der Waals surface area contributed by atoms with Gasteiger partial charge in [-0.15, -0.1) is 0 Å². The molecule has 0 unspecified atom stereocenters. The molecular weight excluding hydrogens is 330 g/mol. The molecule has 2 atom stereocenters. The zero-order valence-electron chi connectivity index (χ0n) is 14.8. The number of ether oxygens (including phenoxy) is 1. The first kappa shape index (κ1) is 17.9. The van der Waals surface area contributed by atoms with Gasteiger partial charge in [-0.05, 0) is 42.7 Å². The van der Waals surface area contributed by atoms with Crippen LogP contribution in [0, 0.1) is 5.92 Å². The fourth-order valence-corrected chi connectivity index (χ4v) is 3.27. The molecule has 1 aliphatic rings. The number of rotatable bonds is 5. The Labute approximate surface area is 152 Å². The SMILES string of the molecule is CCOC(=O)c1ccc(N2C(=O)C[C@@H]([C@H](C)c3ccccc3)C2=O)cc1. The summed E-state index contributed by atoms with van der Waals surface area (Å²) >= 11 is 0. The largest absolute Gasteiger partial charge is 0.462 e. The van der Waals surface area contributed by atoms with Gasteiger partial charge in [-0.1, -0.05) is 37.3 Å². The topological polar surface area (TPSA) is 63.7 Å². The molecule has 1 heterocycles. The predicted octanol–water partition coefficient (Wildman–Crippen LogP) is 3.55. The van der Waals surface area contributed by atoms with E-state index in [9.17, 15) is 14.4 Å². The number of hydrogen-bond donors (Lipinski definition) is 0. The number of nitrogens with zero attached hydrogens (tertiary/aromatic N) is 1. The van der Waals surface area contributed by atoms with E-state index in [1.165, 1.54) is 4.90 Å². The fraction of sp³-hybridized carbons (Fsp3) is 0.286. The molecule has 2 aromatic rings. The minimum absolute atomic E-state index is 0.0449. The molecule has 0 N–H and O–H groups in total. The maximum absolute atomic E-state index is 12.9. The molecule has 26 heavy (non-hydrogen) atoms. The smallest absolute Gasteiger partial charge is 0.338 e. The van der Waals surface area contributed by atoms with E-state index in [1.807, 2.05) is 37.3 Å². The van der Waals surface area contributed by atoms with Crippen LogP contribution >= 0.6 is 0 Å². The third kappa shape index (κ3) is 3.38. The van der Waals surface area contributed by atoms with Crippen LogP contribution in [0.1, 0.15) is 42.1 Å². The molecule has 0 saturated carbocycles. The molecule has 5 nitrogen and oxygen atoms in total. The van der Waals surface area contributed by atoms with Crippen molar-refractivity contribution in [1.82, 2.24) is 0 Å². The first-order valence-electron chi connectivity index (χ1n) is 8.71. The number of carbonyl (C=O) groups is 3. The van der Waals surface area contributed by atoms with Gasteiger partial charge in [0.2, 0.25) is 11.8 Å². The van der Waals surface area contributed by atoms with Gasteiger partial charge in [-0.3, -0.25) is 14.5 Å². The number of carbonyl (C=O) groups excluding carboxylic acids is 3. The van der Waals surface area contributed by atoms with Crippen molar-refractivity contribution in [2.24, 2.45) is 5.92 Å². The molecule has 1 saturated heterocycles. The Kier molecular flexibility index (Phi) is 5.16. The van der Waals surface area contributed by atoms with Crippen molar-refractivity contribution in [2.75, 3.05) is 11.5 Å². The molecule has 2 aromatic carbocycles. The molecule has 0 spiro atoms. The van der Waals surface area contributed by atoms with Crippen molar-refractivity contribution in [3.05, 3.63) is 65.7 Å². The molecule has 0 aromatic heterocycles. The van der Waals surface area contributed by atoms with Crippen LogP contribution < -0.4 is 4.90 Å². The Balaban J connectivity index is 1.80. The second-order valence-electron chi connectivity index (χ2n) is 6.34. The minimum Gasteiger partial charge on any atom is -0.462 e. The van der Waals surface area contributed by atoms with Gasteiger partial charge < -0.3 is 4.74 Å². The van der Waals surface area contributed by atoms with Gasteiger partial charge in [-0.25, -0.2) is 4.79 Å². The van der Waals surface area contributed by atoms with E-state index in [1.54, 1.807) is 31.2 Å². The lowest BCUT2D eigenvalue weighted by Crippen LogP contribution is -2.31. The van der Waals surface area contributed by atoms with E-state index in [2.05, 4.69) is 0 Å². The lowest BCUT2D eigenvalue weighted by Gasteiger charge is -2.19. The first-order valence-corrected chi connectivity index (χ1v) is 8.71. The highest BCUT2D eigenvalue weighted by Crippen LogP contribution is 2.35.